The number of hydrogen-bond acceptors (Lipinski definition) is 11. The summed E-state index contributed by atoms with van der Waals surface area (Å²) in [7, 11) is 1.39. The number of imidazole rings is 1. The van der Waals surface area contributed by atoms with E-state index in [2.05, 4.69) is 25.1 Å². The van der Waals surface area contributed by atoms with Gasteiger partial charge in [-0.15, -0.1) is 0 Å². The summed E-state index contributed by atoms with van der Waals surface area (Å²) in [6.07, 6.45) is -0.0857. The van der Waals surface area contributed by atoms with E-state index in [0.717, 1.165) is 41.7 Å². The van der Waals surface area contributed by atoms with Gasteiger partial charge in [-0.3, -0.25) is 24.1 Å². The van der Waals surface area contributed by atoms with Crippen molar-refractivity contribution in [1.29, 1.82) is 0 Å². The number of anilines is 2. The molecule has 0 radical (unpaired) electrons. The second-order valence-corrected chi connectivity index (χ2v) is 14.9. The molecule has 1 aromatic carbocycles. The third-order valence-corrected chi connectivity index (χ3v) is 11.1. The van der Waals surface area contributed by atoms with Crippen molar-refractivity contribution in [3.05, 3.63) is 58.9 Å². The van der Waals surface area contributed by atoms with Crippen LogP contribution < -0.4 is 16.4 Å². The van der Waals surface area contributed by atoms with Gasteiger partial charge < -0.3 is 35.8 Å². The highest BCUT2D eigenvalue weighted by Gasteiger charge is 2.39. The van der Waals surface area contributed by atoms with Crippen LogP contribution in [0.3, 0.4) is 0 Å². The molecule has 2 fully saturated rings. The number of carboxylic acid groups (broad SMARTS) is 1. The number of hydrogen-bond donors (Lipinski definition) is 4. The number of carbonyl (C=O) groups excluding carboxylic acids is 3. The third-order valence-electron chi connectivity index (χ3n) is 9.95. The Morgan fingerprint density at radius 3 is 2.45 bits per heavy atom. The number of amides is 3. The number of alkyl halides is 3. The van der Waals surface area contributed by atoms with Crippen molar-refractivity contribution in [2.75, 3.05) is 70.0 Å². The van der Waals surface area contributed by atoms with E-state index >= 15 is 0 Å². The number of rotatable bonds is 14. The summed E-state index contributed by atoms with van der Waals surface area (Å²) in [4.78, 5) is 60.9. The molecule has 21 heteroatoms. The van der Waals surface area contributed by atoms with Crippen molar-refractivity contribution in [3.8, 4) is 16.3 Å². The molecule has 0 saturated carbocycles. The molecule has 6 rings (SSSR count). The molecule has 300 valence electrons. The maximum absolute atomic E-state index is 14.0. The summed E-state index contributed by atoms with van der Waals surface area (Å²) < 4.78 is 48.2. The number of carbonyl (C=O) groups is 4. The van der Waals surface area contributed by atoms with Crippen molar-refractivity contribution < 1.29 is 37.5 Å². The second kappa shape index (κ2) is 17.0. The van der Waals surface area contributed by atoms with Gasteiger partial charge in [-0.1, -0.05) is 18.5 Å². The fourth-order valence-electron chi connectivity index (χ4n) is 6.78. The summed E-state index contributed by atoms with van der Waals surface area (Å²) in [6.45, 7) is 5.97. The van der Waals surface area contributed by atoms with Crippen molar-refractivity contribution in [2.45, 2.75) is 25.9 Å². The Morgan fingerprint density at radius 2 is 1.86 bits per heavy atom. The van der Waals surface area contributed by atoms with Gasteiger partial charge >= 0.3 is 12.1 Å². The van der Waals surface area contributed by atoms with Crippen molar-refractivity contribution in [1.82, 2.24) is 43.7 Å². The van der Waals surface area contributed by atoms with E-state index in [1.54, 1.807) is 9.80 Å². The van der Waals surface area contributed by atoms with Crippen LogP contribution in [0.5, 0.6) is 0 Å². The maximum Gasteiger partial charge on any atom is 0.435 e. The first-order chi connectivity index (χ1) is 26.6. The van der Waals surface area contributed by atoms with E-state index in [4.69, 9.17) is 17.3 Å². The molecule has 3 aromatic heterocycles. The predicted molar refractivity (Wildman–Crippen MR) is 202 cm³/mol. The minimum Gasteiger partial charge on any atom is -0.480 e. The Hall–Kier alpha value is -5.05. The highest BCUT2D eigenvalue weighted by molar-refractivity contribution is 7.09. The van der Waals surface area contributed by atoms with Gasteiger partial charge in [0.25, 0.3) is 11.8 Å². The topological polar surface area (TPSA) is 197 Å². The van der Waals surface area contributed by atoms with E-state index in [1.165, 1.54) is 36.0 Å². The Labute approximate surface area is 328 Å². The smallest absolute Gasteiger partial charge is 0.435 e. The Morgan fingerprint density at radius 1 is 1.14 bits per heavy atom. The third kappa shape index (κ3) is 8.98. The zero-order valence-corrected chi connectivity index (χ0v) is 32.1. The van der Waals surface area contributed by atoms with Gasteiger partial charge in [0.1, 0.15) is 0 Å². The van der Waals surface area contributed by atoms with Crippen molar-refractivity contribution >= 4 is 58.2 Å². The van der Waals surface area contributed by atoms with Gasteiger partial charge in [0.05, 0.1) is 46.5 Å². The number of halogens is 4. The summed E-state index contributed by atoms with van der Waals surface area (Å²) >= 11 is 7.40. The van der Waals surface area contributed by atoms with Crippen LogP contribution in [0.2, 0.25) is 5.02 Å². The van der Waals surface area contributed by atoms with Gasteiger partial charge in [0.15, 0.2) is 16.5 Å². The van der Waals surface area contributed by atoms with E-state index in [9.17, 15) is 37.5 Å². The molecule has 56 heavy (non-hydrogen) atoms. The molecule has 5 heterocycles. The SMILES string of the molecule is CCC(CCN(CC(=O)O)CC1CNC1)C(=O)N1CCN(C(=O)c2ccc(NC(=O)c3ncc(-c4cn(-c5sncc5N)nc4C(F)(F)F)n3C)cc2Cl)CC1. The van der Waals surface area contributed by atoms with Gasteiger partial charge in [-0.05, 0) is 55.0 Å². The number of nitrogen functional groups attached to an aromatic ring is 1. The number of nitrogens with two attached hydrogens (primary N) is 1. The van der Waals surface area contributed by atoms with Crippen LogP contribution in [0.25, 0.3) is 16.3 Å². The fourth-order valence-corrected chi connectivity index (χ4v) is 7.64. The fraction of sp³-hybridized carbons (Fsp3) is 0.457. The number of aliphatic carboxylic acids is 1. The molecule has 0 bridgehead atoms. The lowest BCUT2D eigenvalue weighted by atomic mass is 9.98. The first kappa shape index (κ1) is 40.6. The lowest BCUT2D eigenvalue weighted by Gasteiger charge is -2.37. The van der Waals surface area contributed by atoms with Crippen LogP contribution in [0.1, 0.15) is 46.4 Å². The van der Waals surface area contributed by atoms with Crippen LogP contribution in [0, 0.1) is 11.8 Å². The number of piperazine rings is 1. The first-order valence-electron chi connectivity index (χ1n) is 17.9. The standard InChI is InChI=1S/C35H41ClF3N11O5S/c1-3-21(6-7-47(19-28(51)52)17-20-13-41-14-20)32(54)48-8-10-49(11-9-48)33(55)23-5-4-22(12-25(23)36)44-31(53)30-42-16-27(46(30)2)24-18-50(34-26(40)15-43-56-34)45-29(24)35(37,38)39/h4-5,12,15-16,18,20-21,41H,3,6-11,13-14,17,19,40H2,1-2H3,(H,44,53)(H,51,52). The molecule has 2 aliphatic heterocycles. The Bertz CT molecular complexity index is 2090. The number of carboxylic acids is 1. The van der Waals surface area contributed by atoms with E-state index < -0.39 is 23.7 Å². The zero-order chi connectivity index (χ0) is 40.3. The molecule has 2 aliphatic rings. The van der Waals surface area contributed by atoms with Gasteiger partial charge in [0, 0.05) is 70.7 Å². The zero-order valence-electron chi connectivity index (χ0n) is 30.6. The van der Waals surface area contributed by atoms with Crippen LogP contribution >= 0.6 is 23.1 Å². The molecule has 1 atom stereocenters. The molecule has 16 nitrogen and oxygen atoms in total. The molecule has 2 saturated heterocycles. The predicted octanol–water partition coefficient (Wildman–Crippen LogP) is 3.54. The highest BCUT2D eigenvalue weighted by Crippen LogP contribution is 2.38. The number of benzene rings is 1. The normalized spacial score (nSPS) is 15.6. The van der Waals surface area contributed by atoms with Gasteiger partial charge in [-0.25, -0.2) is 9.67 Å². The minimum atomic E-state index is -4.83. The molecule has 0 spiro atoms. The van der Waals surface area contributed by atoms with Crippen LogP contribution in [0.15, 0.2) is 36.8 Å². The first-order valence-corrected chi connectivity index (χ1v) is 19.0. The number of nitrogens with zero attached hydrogens (tertiary/aromatic N) is 8. The summed E-state index contributed by atoms with van der Waals surface area (Å²) in [5.41, 5.74) is 4.86. The average Bonchev–Trinajstić information content (AvgIpc) is 3.87. The van der Waals surface area contributed by atoms with Crippen molar-refractivity contribution in [3.63, 3.8) is 0 Å². The summed E-state index contributed by atoms with van der Waals surface area (Å²) in [6, 6.07) is 4.34. The quantitative estimate of drug-likeness (QED) is 0.145. The van der Waals surface area contributed by atoms with E-state index in [-0.39, 0.29) is 81.4 Å². The minimum absolute atomic E-state index is 0.0184. The second-order valence-electron chi connectivity index (χ2n) is 13.8. The molecule has 5 N–H and O–H groups in total. The molecular weight excluding hydrogens is 779 g/mol. The molecule has 4 aromatic rings. The van der Waals surface area contributed by atoms with Crippen LogP contribution in [0.4, 0.5) is 24.5 Å². The molecule has 3 amide bonds. The largest absolute Gasteiger partial charge is 0.480 e. The molecule has 1 unspecified atom stereocenters. The van der Waals surface area contributed by atoms with Gasteiger partial charge in [-0.2, -0.15) is 22.6 Å². The Kier molecular flexibility index (Phi) is 12.3. The molecule has 0 aliphatic carbocycles. The van der Waals surface area contributed by atoms with Crippen molar-refractivity contribution in [2.24, 2.45) is 18.9 Å². The Balaban J connectivity index is 1.05. The van der Waals surface area contributed by atoms with E-state index in [0.29, 0.717) is 44.9 Å². The monoisotopic (exact) mass is 819 g/mol. The highest BCUT2D eigenvalue weighted by atomic mass is 35.5. The number of aromatic nitrogens is 5. The van der Waals surface area contributed by atoms with Crippen LogP contribution in [-0.4, -0.2) is 126 Å². The maximum atomic E-state index is 14.0. The average molecular weight is 820 g/mol. The molecular formula is C35H41ClF3N11O5S. The van der Waals surface area contributed by atoms with Gasteiger partial charge in [0.2, 0.25) is 5.91 Å². The summed E-state index contributed by atoms with van der Waals surface area (Å²) in [5, 5.41) is 19.1. The summed E-state index contributed by atoms with van der Waals surface area (Å²) in [5.74, 6) is -2.07. The number of nitrogens with one attached hydrogen (secondary N) is 2. The van der Waals surface area contributed by atoms with E-state index in [1.807, 2.05) is 11.8 Å². The van der Waals surface area contributed by atoms with Crippen LogP contribution in [-0.2, 0) is 22.8 Å². The lowest BCUT2D eigenvalue weighted by molar-refractivity contribution is -0.141. The lowest BCUT2D eigenvalue weighted by Crippen LogP contribution is -2.52.